The molecule has 0 radical (unpaired) electrons. The van der Waals surface area contributed by atoms with Crippen LogP contribution in [0.5, 0.6) is 0 Å². The first-order valence-electron chi connectivity index (χ1n) is 7.70. The molecule has 0 aromatic rings. The summed E-state index contributed by atoms with van der Waals surface area (Å²) in [4.78, 5) is 11.3. The quantitative estimate of drug-likeness (QED) is 0.762. The smallest absolute Gasteiger partial charge is 0.216 e. The Morgan fingerprint density at radius 2 is 1.50 bits per heavy atom. The van der Waals surface area contributed by atoms with Crippen molar-refractivity contribution in [1.29, 1.82) is 0 Å². The van der Waals surface area contributed by atoms with Crippen LogP contribution in [0.1, 0.15) is 41.0 Å². The molecule has 2 heterocycles. The lowest BCUT2D eigenvalue weighted by Gasteiger charge is -2.44. The summed E-state index contributed by atoms with van der Waals surface area (Å²) in [6, 6.07) is 0. The van der Waals surface area contributed by atoms with E-state index in [1.54, 1.807) is 0 Å². The summed E-state index contributed by atoms with van der Waals surface area (Å²) in [5, 5.41) is 14.0. The Hall–Kier alpha value is -0.730. The molecule has 3 rings (SSSR count). The van der Waals surface area contributed by atoms with Gasteiger partial charge < -0.3 is 29.4 Å². The van der Waals surface area contributed by atoms with Crippen LogP contribution in [0.3, 0.4) is 0 Å². The van der Waals surface area contributed by atoms with E-state index >= 15 is 0 Å². The zero-order valence-electron chi connectivity index (χ0n) is 13.7. The highest BCUT2D eigenvalue weighted by molar-refractivity contribution is 5.72. The first-order chi connectivity index (χ1) is 10.0. The van der Waals surface area contributed by atoms with Crippen LogP contribution in [0.2, 0.25) is 0 Å². The molecule has 1 saturated carbocycles. The molecular formula is C15H25NO6. The van der Waals surface area contributed by atoms with Gasteiger partial charge in [0.2, 0.25) is 5.91 Å². The normalized spacial score (nSPS) is 45.2. The van der Waals surface area contributed by atoms with Gasteiger partial charge in [-0.1, -0.05) is 0 Å². The highest BCUT2D eigenvalue weighted by Gasteiger charge is 2.65. The van der Waals surface area contributed by atoms with Crippen LogP contribution in [-0.4, -0.2) is 59.1 Å². The maximum absolute atomic E-state index is 11.3. The van der Waals surface area contributed by atoms with E-state index in [0.717, 1.165) is 0 Å². The highest BCUT2D eigenvalue weighted by atomic mass is 16.8. The van der Waals surface area contributed by atoms with Gasteiger partial charge in [0.15, 0.2) is 11.6 Å². The van der Waals surface area contributed by atoms with E-state index < -0.39 is 29.4 Å². The SMILES string of the molecule is CC(=O)NCC1(O)[C@H]2OC(C)(C)O[C@H]2C[C@H]2OC(C)(C)O[C@@H]21. The van der Waals surface area contributed by atoms with Crippen molar-refractivity contribution >= 4 is 5.91 Å². The number of carbonyl (C=O) groups is 1. The van der Waals surface area contributed by atoms with E-state index in [2.05, 4.69) is 5.32 Å². The fourth-order valence-electron chi connectivity index (χ4n) is 3.72. The molecule has 3 fully saturated rings. The summed E-state index contributed by atoms with van der Waals surface area (Å²) in [6.07, 6.45) is -1.16. The molecule has 0 aromatic heterocycles. The number of rotatable bonds is 2. The molecule has 126 valence electrons. The largest absolute Gasteiger partial charge is 0.382 e. The first-order valence-corrected chi connectivity index (χ1v) is 7.70. The van der Waals surface area contributed by atoms with Crippen LogP contribution >= 0.6 is 0 Å². The van der Waals surface area contributed by atoms with Gasteiger partial charge in [0, 0.05) is 13.3 Å². The molecule has 0 aromatic carbocycles. The number of hydrogen-bond donors (Lipinski definition) is 2. The minimum absolute atomic E-state index is 0.0313. The minimum Gasteiger partial charge on any atom is -0.382 e. The summed E-state index contributed by atoms with van der Waals surface area (Å²) < 4.78 is 23.6. The summed E-state index contributed by atoms with van der Waals surface area (Å²) in [5.74, 6) is -1.79. The summed E-state index contributed by atoms with van der Waals surface area (Å²) in [6.45, 7) is 8.69. The zero-order valence-corrected chi connectivity index (χ0v) is 13.7. The van der Waals surface area contributed by atoms with Gasteiger partial charge in [-0.25, -0.2) is 0 Å². The molecule has 7 nitrogen and oxygen atoms in total. The van der Waals surface area contributed by atoms with Crippen molar-refractivity contribution in [3.8, 4) is 0 Å². The van der Waals surface area contributed by atoms with E-state index in [0.29, 0.717) is 6.42 Å². The Labute approximate surface area is 130 Å². The number of aliphatic hydroxyl groups is 1. The summed E-state index contributed by atoms with van der Waals surface area (Å²) in [7, 11) is 0. The van der Waals surface area contributed by atoms with Crippen LogP contribution in [0.4, 0.5) is 0 Å². The average molecular weight is 315 g/mol. The van der Waals surface area contributed by atoms with Gasteiger partial charge in [0.05, 0.1) is 18.8 Å². The Morgan fingerprint density at radius 3 is 1.91 bits per heavy atom. The lowest BCUT2D eigenvalue weighted by Crippen LogP contribution is -2.67. The Bertz CT molecular complexity index is 447. The fraction of sp³-hybridized carbons (Fsp3) is 0.933. The molecule has 2 N–H and O–H groups in total. The highest BCUT2D eigenvalue weighted by Crippen LogP contribution is 2.48. The van der Waals surface area contributed by atoms with Crippen molar-refractivity contribution in [2.24, 2.45) is 0 Å². The second-order valence-corrected chi connectivity index (χ2v) is 7.33. The van der Waals surface area contributed by atoms with E-state index in [-0.39, 0.29) is 24.7 Å². The fourth-order valence-corrected chi connectivity index (χ4v) is 3.72. The number of ether oxygens (including phenoxy) is 4. The van der Waals surface area contributed by atoms with Gasteiger partial charge >= 0.3 is 0 Å². The second-order valence-electron chi connectivity index (χ2n) is 7.33. The number of amides is 1. The van der Waals surface area contributed by atoms with Gasteiger partial charge in [-0.2, -0.15) is 0 Å². The molecule has 5 atom stereocenters. The molecule has 1 unspecified atom stereocenters. The second kappa shape index (κ2) is 4.88. The van der Waals surface area contributed by atoms with Crippen LogP contribution in [0.25, 0.3) is 0 Å². The predicted octanol–water partition coefficient (Wildman–Crippen LogP) is 0.297. The van der Waals surface area contributed by atoms with E-state index in [9.17, 15) is 9.90 Å². The van der Waals surface area contributed by atoms with Crippen LogP contribution in [0, 0.1) is 0 Å². The van der Waals surface area contributed by atoms with Gasteiger partial charge in [0.1, 0.15) is 17.8 Å². The van der Waals surface area contributed by atoms with Gasteiger partial charge in [-0.15, -0.1) is 0 Å². The molecule has 0 bridgehead atoms. The topological polar surface area (TPSA) is 86.3 Å². The van der Waals surface area contributed by atoms with Crippen LogP contribution in [-0.2, 0) is 23.7 Å². The summed E-state index contributed by atoms with van der Waals surface area (Å²) in [5.41, 5.74) is -1.40. The van der Waals surface area contributed by atoms with Crippen molar-refractivity contribution in [3.63, 3.8) is 0 Å². The molecule has 2 saturated heterocycles. The van der Waals surface area contributed by atoms with Gasteiger partial charge in [0.25, 0.3) is 0 Å². The van der Waals surface area contributed by atoms with Crippen molar-refractivity contribution in [2.75, 3.05) is 6.54 Å². The number of carbonyl (C=O) groups excluding carboxylic acids is 1. The molecule has 22 heavy (non-hydrogen) atoms. The maximum Gasteiger partial charge on any atom is 0.216 e. The number of nitrogens with one attached hydrogen (secondary N) is 1. The van der Waals surface area contributed by atoms with E-state index in [4.69, 9.17) is 18.9 Å². The zero-order chi connectivity index (χ0) is 16.3. The summed E-state index contributed by atoms with van der Waals surface area (Å²) >= 11 is 0. The molecule has 1 amide bonds. The average Bonchev–Trinajstić information content (AvgIpc) is 2.83. The van der Waals surface area contributed by atoms with Crippen molar-refractivity contribution in [1.82, 2.24) is 5.32 Å². The predicted molar refractivity (Wildman–Crippen MR) is 75.9 cm³/mol. The molecule has 3 aliphatic rings. The molecule has 1 aliphatic carbocycles. The Morgan fingerprint density at radius 1 is 1.05 bits per heavy atom. The third-order valence-electron chi connectivity index (χ3n) is 4.44. The maximum atomic E-state index is 11.3. The van der Waals surface area contributed by atoms with Crippen molar-refractivity contribution in [2.45, 2.75) is 82.6 Å². The van der Waals surface area contributed by atoms with Crippen molar-refractivity contribution < 1.29 is 28.8 Å². The monoisotopic (exact) mass is 315 g/mol. The third-order valence-corrected chi connectivity index (χ3v) is 4.44. The van der Waals surface area contributed by atoms with E-state index in [1.165, 1.54) is 6.92 Å². The van der Waals surface area contributed by atoms with Crippen LogP contribution in [0.15, 0.2) is 0 Å². The number of hydrogen-bond acceptors (Lipinski definition) is 6. The standard InChI is InChI=1S/C15H25NO6/c1-8(17)16-7-15(18)11-9(19-13(2,3)21-11)6-10-12(15)22-14(4,5)20-10/h9-12,18H,6-7H2,1-5H3,(H,16,17)/t9-,10+,11-,12-,15?/m0/s1. The van der Waals surface area contributed by atoms with E-state index in [1.807, 2.05) is 27.7 Å². The molecular weight excluding hydrogens is 290 g/mol. The molecule has 7 heteroatoms. The van der Waals surface area contributed by atoms with Crippen molar-refractivity contribution in [3.05, 3.63) is 0 Å². The van der Waals surface area contributed by atoms with Gasteiger partial charge in [-0.05, 0) is 27.7 Å². The minimum atomic E-state index is -1.40. The van der Waals surface area contributed by atoms with Crippen LogP contribution < -0.4 is 5.32 Å². The Kier molecular flexibility index (Phi) is 3.58. The first kappa shape index (κ1) is 16.1. The number of fused-ring (bicyclic) bond motifs is 2. The molecule has 2 aliphatic heterocycles. The Balaban J connectivity index is 1.91. The lowest BCUT2D eigenvalue weighted by atomic mass is 9.76. The lowest BCUT2D eigenvalue weighted by molar-refractivity contribution is -0.213. The van der Waals surface area contributed by atoms with Gasteiger partial charge in [-0.3, -0.25) is 4.79 Å². The third kappa shape index (κ3) is 2.65. The molecule has 0 spiro atoms.